The number of nitrogens with zero attached hydrogens (tertiary/aromatic N) is 1. The van der Waals surface area contributed by atoms with Crippen molar-refractivity contribution in [2.75, 3.05) is 13.1 Å². The summed E-state index contributed by atoms with van der Waals surface area (Å²) in [5, 5.41) is 9.28. The lowest BCUT2D eigenvalue weighted by atomic mass is 9.76. The number of aliphatic carboxylic acids is 1. The minimum absolute atomic E-state index is 0.0555. The first kappa shape index (κ1) is 15.0. The minimum atomic E-state index is -0.745. The summed E-state index contributed by atoms with van der Waals surface area (Å²) in [5.74, 6) is -0.694. The van der Waals surface area contributed by atoms with Crippen molar-refractivity contribution in [3.63, 3.8) is 0 Å². The number of hydrogen-bond acceptors (Lipinski definition) is 3. The van der Waals surface area contributed by atoms with E-state index in [1.165, 1.54) is 0 Å². The van der Waals surface area contributed by atoms with Gasteiger partial charge < -0.3 is 15.7 Å². The third-order valence-electron chi connectivity index (χ3n) is 4.17. The molecule has 1 saturated heterocycles. The van der Waals surface area contributed by atoms with Crippen LogP contribution in [0.25, 0.3) is 0 Å². The Morgan fingerprint density at radius 2 is 1.83 bits per heavy atom. The molecule has 0 aromatic rings. The van der Waals surface area contributed by atoms with Gasteiger partial charge in [-0.25, -0.2) is 0 Å². The summed E-state index contributed by atoms with van der Waals surface area (Å²) < 4.78 is 0. The van der Waals surface area contributed by atoms with E-state index in [0.717, 1.165) is 0 Å². The minimum Gasteiger partial charge on any atom is -0.481 e. The fraction of sp³-hybridized carbons (Fsp3) is 0.846. The standard InChI is InChI=1S/C13H24N2O3/c1-4-13(12(17)18)5-7-15(8-6-13)11(16)10(14)9(2)3/h9-10H,4-8,14H2,1-3H3,(H,17,18). The molecule has 1 aliphatic rings. The normalized spacial score (nSPS) is 20.8. The highest BCUT2D eigenvalue weighted by molar-refractivity contribution is 5.82. The summed E-state index contributed by atoms with van der Waals surface area (Å²) >= 11 is 0. The van der Waals surface area contributed by atoms with Crippen LogP contribution < -0.4 is 5.73 Å². The molecule has 1 fully saturated rings. The second kappa shape index (κ2) is 5.69. The van der Waals surface area contributed by atoms with Crippen molar-refractivity contribution in [3.05, 3.63) is 0 Å². The molecule has 5 heteroatoms. The molecule has 0 saturated carbocycles. The number of hydrogen-bond donors (Lipinski definition) is 2. The number of carboxylic acid groups (broad SMARTS) is 1. The monoisotopic (exact) mass is 256 g/mol. The Bertz CT molecular complexity index is 320. The Morgan fingerprint density at radius 3 is 2.17 bits per heavy atom. The Morgan fingerprint density at radius 1 is 1.33 bits per heavy atom. The van der Waals surface area contributed by atoms with Gasteiger partial charge in [0.05, 0.1) is 11.5 Å². The van der Waals surface area contributed by atoms with E-state index in [2.05, 4.69) is 0 Å². The summed E-state index contributed by atoms with van der Waals surface area (Å²) in [6.45, 7) is 6.73. The smallest absolute Gasteiger partial charge is 0.309 e. The van der Waals surface area contributed by atoms with Crippen LogP contribution >= 0.6 is 0 Å². The van der Waals surface area contributed by atoms with Crippen LogP contribution in [-0.2, 0) is 9.59 Å². The van der Waals surface area contributed by atoms with Gasteiger partial charge in [0.2, 0.25) is 5.91 Å². The molecule has 1 amide bonds. The van der Waals surface area contributed by atoms with Gasteiger partial charge in [0.25, 0.3) is 0 Å². The fourth-order valence-corrected chi connectivity index (χ4v) is 2.37. The Kier molecular flexibility index (Phi) is 4.73. The van der Waals surface area contributed by atoms with Crippen LogP contribution in [0.1, 0.15) is 40.0 Å². The number of rotatable bonds is 4. The molecule has 5 nitrogen and oxygen atoms in total. The summed E-state index contributed by atoms with van der Waals surface area (Å²) in [6, 6.07) is -0.482. The molecule has 1 atom stereocenters. The number of likely N-dealkylation sites (tertiary alicyclic amines) is 1. The number of piperidine rings is 1. The summed E-state index contributed by atoms with van der Waals surface area (Å²) in [7, 11) is 0. The van der Waals surface area contributed by atoms with Crippen LogP contribution in [0.3, 0.4) is 0 Å². The van der Waals surface area contributed by atoms with Crippen molar-refractivity contribution >= 4 is 11.9 Å². The highest BCUT2D eigenvalue weighted by atomic mass is 16.4. The Balaban J connectivity index is 2.64. The number of nitrogens with two attached hydrogens (primary N) is 1. The number of carbonyl (C=O) groups excluding carboxylic acids is 1. The van der Waals surface area contributed by atoms with E-state index < -0.39 is 17.4 Å². The van der Waals surface area contributed by atoms with Gasteiger partial charge in [0, 0.05) is 13.1 Å². The molecule has 0 radical (unpaired) electrons. The summed E-state index contributed by atoms with van der Waals surface area (Å²) in [6.07, 6.45) is 1.66. The highest BCUT2D eigenvalue weighted by Crippen LogP contribution is 2.35. The van der Waals surface area contributed by atoms with Crippen molar-refractivity contribution < 1.29 is 14.7 Å². The second-order valence-electron chi connectivity index (χ2n) is 5.53. The first-order valence-corrected chi connectivity index (χ1v) is 6.62. The average Bonchev–Trinajstić information content (AvgIpc) is 2.36. The first-order valence-electron chi connectivity index (χ1n) is 6.62. The van der Waals surface area contributed by atoms with Crippen LogP contribution in [0.15, 0.2) is 0 Å². The molecule has 104 valence electrons. The van der Waals surface area contributed by atoms with Gasteiger partial charge in [-0.05, 0) is 25.2 Å². The summed E-state index contributed by atoms with van der Waals surface area (Å²) in [4.78, 5) is 25.1. The molecule has 3 N–H and O–H groups in total. The maximum atomic E-state index is 12.1. The first-order chi connectivity index (χ1) is 8.34. The largest absolute Gasteiger partial charge is 0.481 e. The Labute approximate surface area is 108 Å². The van der Waals surface area contributed by atoms with Crippen molar-refractivity contribution in [1.82, 2.24) is 4.90 Å². The highest BCUT2D eigenvalue weighted by Gasteiger charge is 2.41. The van der Waals surface area contributed by atoms with E-state index in [4.69, 9.17) is 5.73 Å². The molecule has 1 unspecified atom stereocenters. The Hall–Kier alpha value is -1.10. The van der Waals surface area contributed by atoms with Crippen LogP contribution in [0, 0.1) is 11.3 Å². The molecule has 1 heterocycles. The lowest BCUT2D eigenvalue weighted by Crippen LogP contribution is -2.52. The van der Waals surface area contributed by atoms with E-state index in [-0.39, 0.29) is 11.8 Å². The lowest BCUT2D eigenvalue weighted by molar-refractivity contribution is -0.155. The maximum absolute atomic E-state index is 12.1. The SMILES string of the molecule is CCC1(C(=O)O)CCN(C(=O)C(N)C(C)C)CC1. The molecule has 0 aliphatic carbocycles. The number of carboxylic acids is 1. The third-order valence-corrected chi connectivity index (χ3v) is 4.17. The maximum Gasteiger partial charge on any atom is 0.309 e. The van der Waals surface area contributed by atoms with Crippen molar-refractivity contribution in [2.24, 2.45) is 17.1 Å². The molecule has 18 heavy (non-hydrogen) atoms. The van der Waals surface area contributed by atoms with Gasteiger partial charge in [-0.15, -0.1) is 0 Å². The van der Waals surface area contributed by atoms with Crippen LogP contribution in [0.5, 0.6) is 0 Å². The van der Waals surface area contributed by atoms with E-state index in [1.54, 1.807) is 4.90 Å². The second-order valence-corrected chi connectivity index (χ2v) is 5.53. The van der Waals surface area contributed by atoms with Crippen LogP contribution in [0.4, 0.5) is 0 Å². The number of amides is 1. The van der Waals surface area contributed by atoms with Gasteiger partial charge in [-0.3, -0.25) is 9.59 Å². The van der Waals surface area contributed by atoms with Crippen LogP contribution in [0.2, 0.25) is 0 Å². The van der Waals surface area contributed by atoms with Gasteiger partial charge in [0.15, 0.2) is 0 Å². The summed E-state index contributed by atoms with van der Waals surface area (Å²) in [5.41, 5.74) is 5.19. The molecule has 0 aromatic heterocycles. The van der Waals surface area contributed by atoms with Gasteiger partial charge in [-0.2, -0.15) is 0 Å². The zero-order chi connectivity index (χ0) is 13.9. The third kappa shape index (κ3) is 2.83. The van der Waals surface area contributed by atoms with Crippen molar-refractivity contribution in [3.8, 4) is 0 Å². The van der Waals surface area contributed by atoms with Gasteiger partial charge in [-0.1, -0.05) is 20.8 Å². The molecule has 0 bridgehead atoms. The average molecular weight is 256 g/mol. The molecule has 0 aromatic carbocycles. The molecule has 1 aliphatic heterocycles. The van der Waals surface area contributed by atoms with E-state index in [9.17, 15) is 14.7 Å². The van der Waals surface area contributed by atoms with Crippen LogP contribution in [-0.4, -0.2) is 41.0 Å². The predicted molar refractivity (Wildman–Crippen MR) is 69.0 cm³/mol. The zero-order valence-electron chi connectivity index (χ0n) is 11.5. The zero-order valence-corrected chi connectivity index (χ0v) is 11.5. The van der Waals surface area contributed by atoms with E-state index in [0.29, 0.717) is 32.4 Å². The quantitative estimate of drug-likeness (QED) is 0.788. The van der Waals surface area contributed by atoms with E-state index >= 15 is 0 Å². The molecule has 0 spiro atoms. The van der Waals surface area contributed by atoms with Gasteiger partial charge >= 0.3 is 5.97 Å². The fourth-order valence-electron chi connectivity index (χ4n) is 2.37. The molecular weight excluding hydrogens is 232 g/mol. The molecular formula is C13H24N2O3. The van der Waals surface area contributed by atoms with E-state index in [1.807, 2.05) is 20.8 Å². The topological polar surface area (TPSA) is 83.6 Å². The van der Waals surface area contributed by atoms with Gasteiger partial charge in [0.1, 0.15) is 0 Å². The lowest BCUT2D eigenvalue weighted by Gasteiger charge is -2.39. The van der Waals surface area contributed by atoms with Crippen molar-refractivity contribution in [1.29, 1.82) is 0 Å². The predicted octanol–water partition coefficient (Wildman–Crippen LogP) is 1.07. The number of carbonyl (C=O) groups is 2. The van der Waals surface area contributed by atoms with Crippen molar-refractivity contribution in [2.45, 2.75) is 46.1 Å². The molecule has 1 rings (SSSR count).